The number of thiazole rings is 1. The highest BCUT2D eigenvalue weighted by Gasteiger charge is 2.29. The molecule has 2 heterocycles. The van der Waals surface area contributed by atoms with Crippen LogP contribution < -0.4 is 10.0 Å². The van der Waals surface area contributed by atoms with Crippen LogP contribution in [0, 0.1) is 5.92 Å². The van der Waals surface area contributed by atoms with Gasteiger partial charge in [0.25, 0.3) is 10.0 Å². The van der Waals surface area contributed by atoms with Crippen molar-refractivity contribution in [3.8, 4) is 0 Å². The smallest absolute Gasteiger partial charge is 0.250 e. The van der Waals surface area contributed by atoms with E-state index >= 15 is 0 Å². The van der Waals surface area contributed by atoms with Crippen LogP contribution in [0.1, 0.15) is 43.7 Å². The zero-order valence-corrected chi connectivity index (χ0v) is 17.3. The maximum atomic E-state index is 12.7. The summed E-state index contributed by atoms with van der Waals surface area (Å²) < 4.78 is 27.7. The molecule has 2 aromatic heterocycles. The second-order valence-electron chi connectivity index (χ2n) is 6.71. The molecular weight excluding hydrogens is 390 g/mol. The van der Waals surface area contributed by atoms with E-state index in [-0.39, 0.29) is 16.0 Å². The number of aromatic nitrogens is 1. The Balaban J connectivity index is 1.73. The Labute approximate surface area is 162 Å². The van der Waals surface area contributed by atoms with E-state index in [1.165, 1.54) is 28.7 Å². The van der Waals surface area contributed by atoms with Crippen molar-refractivity contribution in [2.75, 3.05) is 5.32 Å². The van der Waals surface area contributed by atoms with E-state index in [0.717, 1.165) is 42.7 Å². The number of amides is 1. The summed E-state index contributed by atoms with van der Waals surface area (Å²) in [7, 11) is -3.71. The van der Waals surface area contributed by atoms with Crippen molar-refractivity contribution in [3.63, 3.8) is 0 Å². The first-order valence-corrected chi connectivity index (χ1v) is 11.9. The molecule has 142 valence electrons. The van der Waals surface area contributed by atoms with Gasteiger partial charge >= 0.3 is 0 Å². The summed E-state index contributed by atoms with van der Waals surface area (Å²) in [6.45, 7) is 3.64. The van der Waals surface area contributed by atoms with Crippen LogP contribution in [0.2, 0.25) is 0 Å². The quantitative estimate of drug-likeness (QED) is 0.710. The normalized spacial score (nSPS) is 16.1. The summed E-state index contributed by atoms with van der Waals surface area (Å²) in [6, 6.07) is 2.35. The second-order valence-corrected chi connectivity index (χ2v) is 10.7. The maximum absolute atomic E-state index is 12.7. The highest BCUT2D eigenvalue weighted by molar-refractivity contribution is 7.91. The van der Waals surface area contributed by atoms with Crippen molar-refractivity contribution in [2.45, 2.75) is 56.2 Å². The van der Waals surface area contributed by atoms with Gasteiger partial charge in [-0.05, 0) is 43.0 Å². The summed E-state index contributed by atoms with van der Waals surface area (Å²) >= 11 is 2.63. The molecule has 0 saturated carbocycles. The molecule has 1 unspecified atom stereocenters. The summed E-state index contributed by atoms with van der Waals surface area (Å²) in [5.74, 6) is -0.563. The van der Waals surface area contributed by atoms with Crippen LogP contribution in [-0.2, 0) is 27.7 Å². The number of nitrogens with zero attached hydrogens (tertiary/aromatic N) is 1. The lowest BCUT2D eigenvalue weighted by Crippen LogP contribution is -2.46. The number of thiophene rings is 1. The van der Waals surface area contributed by atoms with Crippen molar-refractivity contribution in [2.24, 2.45) is 5.92 Å². The number of nitrogens with one attached hydrogen (secondary N) is 2. The zero-order valence-electron chi connectivity index (χ0n) is 14.8. The Morgan fingerprint density at radius 2 is 2.00 bits per heavy atom. The highest BCUT2D eigenvalue weighted by atomic mass is 32.2. The van der Waals surface area contributed by atoms with Crippen LogP contribution in [0.15, 0.2) is 21.7 Å². The number of aryl methyl sites for hydroxylation is 2. The maximum Gasteiger partial charge on any atom is 0.250 e. The molecule has 0 radical (unpaired) electrons. The average molecular weight is 414 g/mol. The molecule has 0 saturated heterocycles. The summed E-state index contributed by atoms with van der Waals surface area (Å²) in [5, 5.41) is 5.07. The fraction of sp³-hybridized carbons (Fsp3) is 0.529. The molecule has 9 heteroatoms. The largest absolute Gasteiger partial charge is 0.301 e. The Kier molecular flexibility index (Phi) is 6.11. The van der Waals surface area contributed by atoms with Gasteiger partial charge in [0.15, 0.2) is 5.13 Å². The number of carbonyl (C=O) groups is 1. The van der Waals surface area contributed by atoms with Crippen LogP contribution >= 0.6 is 22.7 Å². The molecule has 1 atom stereocenters. The molecule has 0 aromatic carbocycles. The van der Waals surface area contributed by atoms with Gasteiger partial charge in [0, 0.05) is 4.88 Å². The number of hydrogen-bond acceptors (Lipinski definition) is 6. The topological polar surface area (TPSA) is 88.2 Å². The van der Waals surface area contributed by atoms with E-state index in [1.54, 1.807) is 11.4 Å². The third-order valence-electron chi connectivity index (χ3n) is 4.32. The number of carbonyl (C=O) groups excluding carboxylic acids is 1. The molecule has 0 spiro atoms. The molecule has 0 bridgehead atoms. The molecular formula is C17H23N3O3S3. The lowest BCUT2D eigenvalue weighted by atomic mass is 10.1. The molecule has 1 aliphatic carbocycles. The molecule has 2 aromatic rings. The molecule has 1 aliphatic rings. The van der Waals surface area contributed by atoms with Gasteiger partial charge in [-0.1, -0.05) is 26.3 Å². The average Bonchev–Trinajstić information content (AvgIpc) is 3.19. The number of anilines is 1. The van der Waals surface area contributed by atoms with E-state index in [1.807, 2.05) is 13.8 Å². The van der Waals surface area contributed by atoms with E-state index in [9.17, 15) is 13.2 Å². The minimum atomic E-state index is -3.71. The standard InChI is InChI=1S/C17H23N3O3S3/c1-11(2)15(20-26(22,23)14-9-6-10-24-14)16(21)19-17-18-12-7-4-3-5-8-13(12)25-17/h6,9-11,15,20H,3-5,7-8H2,1-2H3,(H,18,19,21). The molecule has 3 rings (SSSR count). The van der Waals surface area contributed by atoms with Gasteiger partial charge in [0.1, 0.15) is 10.3 Å². The molecule has 6 nitrogen and oxygen atoms in total. The van der Waals surface area contributed by atoms with Crippen molar-refractivity contribution >= 4 is 43.7 Å². The van der Waals surface area contributed by atoms with Crippen LogP contribution in [0.25, 0.3) is 0 Å². The fourth-order valence-electron chi connectivity index (χ4n) is 2.90. The number of fused-ring (bicyclic) bond motifs is 1. The molecule has 0 aliphatic heterocycles. The van der Waals surface area contributed by atoms with Crippen LogP contribution in [0.3, 0.4) is 0 Å². The Morgan fingerprint density at radius 3 is 2.69 bits per heavy atom. The van der Waals surface area contributed by atoms with Crippen molar-refractivity contribution in [1.82, 2.24) is 9.71 Å². The van der Waals surface area contributed by atoms with E-state index in [2.05, 4.69) is 15.0 Å². The molecule has 2 N–H and O–H groups in total. The lowest BCUT2D eigenvalue weighted by molar-refractivity contribution is -0.118. The Bertz CT molecular complexity index is 834. The van der Waals surface area contributed by atoms with Gasteiger partial charge in [-0.25, -0.2) is 13.4 Å². The van der Waals surface area contributed by atoms with Crippen molar-refractivity contribution in [1.29, 1.82) is 0 Å². The van der Waals surface area contributed by atoms with Crippen molar-refractivity contribution in [3.05, 3.63) is 28.1 Å². The predicted molar refractivity (Wildman–Crippen MR) is 105 cm³/mol. The van der Waals surface area contributed by atoms with Crippen LogP contribution in [-0.4, -0.2) is 25.4 Å². The van der Waals surface area contributed by atoms with Gasteiger partial charge in [0.05, 0.1) is 5.69 Å². The van der Waals surface area contributed by atoms with Gasteiger partial charge in [0.2, 0.25) is 5.91 Å². The van der Waals surface area contributed by atoms with Gasteiger partial charge in [-0.15, -0.1) is 22.7 Å². The van der Waals surface area contributed by atoms with Gasteiger partial charge < -0.3 is 5.32 Å². The highest BCUT2D eigenvalue weighted by Crippen LogP contribution is 2.29. The monoisotopic (exact) mass is 413 g/mol. The first kappa shape index (κ1) is 19.5. The van der Waals surface area contributed by atoms with Crippen LogP contribution in [0.4, 0.5) is 5.13 Å². The third-order valence-corrected chi connectivity index (χ3v) is 8.23. The first-order valence-electron chi connectivity index (χ1n) is 8.72. The molecule has 0 fully saturated rings. The van der Waals surface area contributed by atoms with E-state index in [4.69, 9.17) is 0 Å². The SMILES string of the molecule is CC(C)C(NS(=O)(=O)c1cccs1)C(=O)Nc1nc2c(s1)CCCCC2. The third kappa shape index (κ3) is 4.51. The predicted octanol–water partition coefficient (Wildman–Crippen LogP) is 3.42. The summed E-state index contributed by atoms with van der Waals surface area (Å²) in [4.78, 5) is 18.5. The first-order chi connectivity index (χ1) is 12.4. The Morgan fingerprint density at radius 1 is 1.23 bits per heavy atom. The zero-order chi connectivity index (χ0) is 18.7. The minimum absolute atomic E-state index is 0.192. The molecule has 1 amide bonds. The molecule has 26 heavy (non-hydrogen) atoms. The number of hydrogen-bond donors (Lipinski definition) is 2. The summed E-state index contributed by atoms with van der Waals surface area (Å²) in [5.41, 5.74) is 1.07. The number of sulfonamides is 1. The van der Waals surface area contributed by atoms with E-state index < -0.39 is 16.1 Å². The van der Waals surface area contributed by atoms with Crippen LogP contribution in [0.5, 0.6) is 0 Å². The lowest BCUT2D eigenvalue weighted by Gasteiger charge is -2.20. The van der Waals surface area contributed by atoms with Crippen molar-refractivity contribution < 1.29 is 13.2 Å². The van der Waals surface area contributed by atoms with Gasteiger partial charge in [-0.2, -0.15) is 4.72 Å². The summed E-state index contributed by atoms with van der Waals surface area (Å²) in [6.07, 6.45) is 5.43. The number of rotatable bonds is 6. The Hall–Kier alpha value is -1.29. The van der Waals surface area contributed by atoms with E-state index in [0.29, 0.717) is 5.13 Å². The second kappa shape index (κ2) is 8.16. The van der Waals surface area contributed by atoms with Gasteiger partial charge in [-0.3, -0.25) is 4.79 Å². The minimum Gasteiger partial charge on any atom is -0.301 e. The fourth-order valence-corrected chi connectivity index (χ4v) is 6.31.